The zero-order chi connectivity index (χ0) is 18.1. The van der Waals surface area contributed by atoms with Gasteiger partial charge >= 0.3 is 0 Å². The molecule has 1 aliphatic heterocycles. The first-order valence-corrected chi connectivity index (χ1v) is 9.11. The summed E-state index contributed by atoms with van der Waals surface area (Å²) in [4.78, 5) is 4.41. The fraction of sp³-hybridized carbons (Fsp3) is 0.333. The molecule has 26 heavy (non-hydrogen) atoms. The van der Waals surface area contributed by atoms with Gasteiger partial charge in [0.05, 0.1) is 18.7 Å². The van der Waals surface area contributed by atoms with Crippen LogP contribution in [0.1, 0.15) is 47.7 Å². The van der Waals surface area contributed by atoms with E-state index in [-0.39, 0.29) is 12.1 Å². The van der Waals surface area contributed by atoms with Crippen LogP contribution in [0.15, 0.2) is 48.8 Å². The lowest BCUT2D eigenvalue weighted by Gasteiger charge is -2.32. The molecule has 3 aromatic rings. The van der Waals surface area contributed by atoms with Crippen LogP contribution in [0.25, 0.3) is 0 Å². The molecule has 4 rings (SSSR count). The Bertz CT molecular complexity index is 901. The molecule has 1 aromatic heterocycles. The van der Waals surface area contributed by atoms with Crippen molar-refractivity contribution < 1.29 is 4.74 Å². The molecule has 0 fully saturated rings. The van der Waals surface area contributed by atoms with Crippen LogP contribution in [-0.4, -0.2) is 21.4 Å². The molecule has 5 nitrogen and oxygen atoms in total. The average molecular weight is 348 g/mol. The molecule has 134 valence electrons. The summed E-state index contributed by atoms with van der Waals surface area (Å²) in [5, 5.41) is 7.98. The highest BCUT2D eigenvalue weighted by molar-refractivity contribution is 5.41. The third kappa shape index (κ3) is 3.05. The summed E-state index contributed by atoms with van der Waals surface area (Å²) in [5.41, 5.74) is 5.14. The van der Waals surface area contributed by atoms with Gasteiger partial charge in [0.25, 0.3) is 0 Å². The summed E-state index contributed by atoms with van der Waals surface area (Å²) in [6.45, 7) is 6.98. The van der Waals surface area contributed by atoms with Crippen molar-refractivity contribution in [1.29, 1.82) is 0 Å². The fourth-order valence-corrected chi connectivity index (χ4v) is 3.55. The Morgan fingerprint density at radius 3 is 2.58 bits per heavy atom. The smallest absolute Gasteiger partial charge is 0.222 e. The first kappa shape index (κ1) is 16.6. The fourth-order valence-electron chi connectivity index (χ4n) is 3.55. The van der Waals surface area contributed by atoms with Crippen LogP contribution in [0.5, 0.6) is 5.75 Å². The molecule has 0 radical (unpaired) electrons. The number of hydrogen-bond donors (Lipinski definition) is 1. The topological polar surface area (TPSA) is 52.0 Å². The predicted octanol–water partition coefficient (Wildman–Crippen LogP) is 4.44. The highest BCUT2D eigenvalue weighted by Crippen LogP contribution is 2.38. The van der Waals surface area contributed by atoms with Crippen molar-refractivity contribution in [3.05, 3.63) is 71.0 Å². The van der Waals surface area contributed by atoms with E-state index in [2.05, 4.69) is 59.6 Å². The molecule has 0 aliphatic carbocycles. The summed E-state index contributed by atoms with van der Waals surface area (Å²) in [6.07, 6.45) is 2.54. The van der Waals surface area contributed by atoms with Gasteiger partial charge in [0.1, 0.15) is 12.1 Å². The molecule has 0 spiro atoms. The van der Waals surface area contributed by atoms with Gasteiger partial charge in [-0.05, 0) is 61.6 Å². The second-order valence-electron chi connectivity index (χ2n) is 6.82. The van der Waals surface area contributed by atoms with Crippen LogP contribution in [0.2, 0.25) is 0 Å². The number of aromatic nitrogens is 3. The van der Waals surface area contributed by atoms with Crippen molar-refractivity contribution in [3.8, 4) is 5.75 Å². The molecule has 0 saturated carbocycles. The maximum Gasteiger partial charge on any atom is 0.222 e. The number of ether oxygens (including phenoxy) is 1. The van der Waals surface area contributed by atoms with Crippen LogP contribution >= 0.6 is 0 Å². The van der Waals surface area contributed by atoms with E-state index in [0.717, 1.165) is 18.1 Å². The molecule has 5 heteroatoms. The first-order valence-electron chi connectivity index (χ1n) is 9.11. The van der Waals surface area contributed by atoms with Crippen molar-refractivity contribution in [2.75, 3.05) is 11.9 Å². The largest absolute Gasteiger partial charge is 0.494 e. The lowest BCUT2D eigenvalue weighted by atomic mass is 9.92. The van der Waals surface area contributed by atoms with Crippen LogP contribution in [0.3, 0.4) is 0 Å². The Hall–Kier alpha value is -2.82. The van der Waals surface area contributed by atoms with Crippen molar-refractivity contribution >= 4 is 5.95 Å². The molecule has 2 atom stereocenters. The minimum atomic E-state index is 0.149. The lowest BCUT2D eigenvalue weighted by Crippen LogP contribution is -2.28. The van der Waals surface area contributed by atoms with Crippen LogP contribution < -0.4 is 10.1 Å². The number of nitrogens with zero attached hydrogens (tertiary/aromatic N) is 3. The van der Waals surface area contributed by atoms with E-state index in [4.69, 9.17) is 4.74 Å². The van der Waals surface area contributed by atoms with Gasteiger partial charge < -0.3 is 10.1 Å². The zero-order valence-electron chi connectivity index (χ0n) is 15.4. The Labute approximate surface area is 154 Å². The van der Waals surface area contributed by atoms with E-state index in [1.807, 2.05) is 23.7 Å². The maximum atomic E-state index is 5.57. The second kappa shape index (κ2) is 6.83. The van der Waals surface area contributed by atoms with E-state index in [1.54, 1.807) is 6.33 Å². The minimum absolute atomic E-state index is 0.149. The Kier molecular flexibility index (Phi) is 4.37. The van der Waals surface area contributed by atoms with Crippen LogP contribution in [-0.2, 0) is 0 Å². The molecule has 0 bridgehead atoms. The molecule has 0 amide bonds. The predicted molar refractivity (Wildman–Crippen MR) is 103 cm³/mol. The number of anilines is 1. The molecule has 1 N–H and O–H groups in total. The van der Waals surface area contributed by atoms with Gasteiger partial charge in [-0.3, -0.25) is 0 Å². The van der Waals surface area contributed by atoms with Gasteiger partial charge in [0.2, 0.25) is 5.95 Å². The van der Waals surface area contributed by atoms with E-state index >= 15 is 0 Å². The SMILES string of the molecule is CCOc1ccc([C@H]2C[C@H](c3ccc(C)c(C)c3)Nc3ncnn32)cc1. The molecular weight excluding hydrogens is 324 g/mol. The molecule has 2 aromatic carbocycles. The molecule has 0 saturated heterocycles. The number of aryl methyl sites for hydroxylation is 2. The summed E-state index contributed by atoms with van der Waals surface area (Å²) < 4.78 is 7.55. The van der Waals surface area contributed by atoms with Crippen molar-refractivity contribution in [1.82, 2.24) is 14.8 Å². The third-order valence-electron chi connectivity index (χ3n) is 5.14. The quantitative estimate of drug-likeness (QED) is 0.757. The Morgan fingerprint density at radius 1 is 1.08 bits per heavy atom. The highest BCUT2D eigenvalue weighted by Gasteiger charge is 2.30. The average Bonchev–Trinajstić information content (AvgIpc) is 3.13. The number of fused-ring (bicyclic) bond motifs is 1. The van der Waals surface area contributed by atoms with E-state index in [9.17, 15) is 0 Å². The van der Waals surface area contributed by atoms with Gasteiger partial charge in [-0.1, -0.05) is 30.3 Å². The van der Waals surface area contributed by atoms with Gasteiger partial charge in [0, 0.05) is 0 Å². The number of hydrogen-bond acceptors (Lipinski definition) is 4. The number of nitrogens with one attached hydrogen (secondary N) is 1. The van der Waals surface area contributed by atoms with Crippen LogP contribution in [0.4, 0.5) is 5.95 Å². The van der Waals surface area contributed by atoms with Crippen molar-refractivity contribution in [3.63, 3.8) is 0 Å². The normalized spacial score (nSPS) is 18.9. The van der Waals surface area contributed by atoms with Crippen molar-refractivity contribution in [2.45, 2.75) is 39.3 Å². The maximum absolute atomic E-state index is 5.57. The lowest BCUT2D eigenvalue weighted by molar-refractivity contribution is 0.340. The molecule has 2 heterocycles. The zero-order valence-corrected chi connectivity index (χ0v) is 15.4. The van der Waals surface area contributed by atoms with Crippen molar-refractivity contribution in [2.24, 2.45) is 0 Å². The first-order chi connectivity index (χ1) is 12.7. The molecule has 0 unspecified atom stereocenters. The van der Waals surface area contributed by atoms with Gasteiger partial charge in [-0.25, -0.2) is 4.68 Å². The molecular formula is C21H24N4O. The third-order valence-corrected chi connectivity index (χ3v) is 5.14. The summed E-state index contributed by atoms with van der Waals surface area (Å²) >= 11 is 0. The van der Waals surface area contributed by atoms with Gasteiger partial charge in [-0.2, -0.15) is 10.1 Å². The number of benzene rings is 2. The highest BCUT2D eigenvalue weighted by atomic mass is 16.5. The summed E-state index contributed by atoms with van der Waals surface area (Å²) in [7, 11) is 0. The van der Waals surface area contributed by atoms with E-state index in [0.29, 0.717) is 6.61 Å². The van der Waals surface area contributed by atoms with Gasteiger partial charge in [-0.15, -0.1) is 0 Å². The number of rotatable bonds is 4. The van der Waals surface area contributed by atoms with Gasteiger partial charge in [0.15, 0.2) is 0 Å². The monoisotopic (exact) mass is 348 g/mol. The second-order valence-corrected chi connectivity index (χ2v) is 6.82. The Balaban J connectivity index is 1.67. The standard InChI is InChI=1S/C21H24N4O/c1-4-26-18-9-7-16(8-10-18)20-12-19(24-21-22-13-23-25(20)21)17-6-5-14(2)15(3)11-17/h5-11,13,19-20H,4,12H2,1-3H3,(H,22,23,24)/t19-,20-/m1/s1. The molecule has 1 aliphatic rings. The summed E-state index contributed by atoms with van der Waals surface area (Å²) in [5.74, 6) is 1.72. The Morgan fingerprint density at radius 2 is 1.85 bits per heavy atom. The van der Waals surface area contributed by atoms with E-state index in [1.165, 1.54) is 22.3 Å². The van der Waals surface area contributed by atoms with E-state index < -0.39 is 0 Å². The minimum Gasteiger partial charge on any atom is -0.494 e. The van der Waals surface area contributed by atoms with Crippen LogP contribution in [0, 0.1) is 13.8 Å². The summed E-state index contributed by atoms with van der Waals surface area (Å²) in [6, 6.07) is 15.4.